The van der Waals surface area contributed by atoms with Crippen LogP contribution in [0.5, 0.6) is 0 Å². The van der Waals surface area contributed by atoms with Crippen LogP contribution >= 0.6 is 0 Å². The Morgan fingerprint density at radius 1 is 1.06 bits per heavy atom. The monoisotopic (exact) mass is 411 g/mol. The standard InChI is InChI=1S/C28H31N2O/c1-6-7-18-26(29-3)25-17-13-14-23(22(25)2)21-28(31-5,24-15-9-8-10-16-24)27-19-11-12-20-30(27)4/h6-20H,1,21H2,2-5H3/q+1/b18-7-,29-26?. The fourth-order valence-corrected chi connectivity index (χ4v) is 4.15. The van der Waals surface area contributed by atoms with Gasteiger partial charge in [0, 0.05) is 38.3 Å². The van der Waals surface area contributed by atoms with E-state index in [9.17, 15) is 0 Å². The number of benzene rings is 2. The Hall–Kier alpha value is -3.30. The van der Waals surface area contributed by atoms with Crippen LogP contribution in [0.4, 0.5) is 0 Å². The summed E-state index contributed by atoms with van der Waals surface area (Å²) in [6.07, 6.45) is 8.45. The van der Waals surface area contributed by atoms with Gasteiger partial charge in [0.15, 0.2) is 11.8 Å². The molecule has 1 heterocycles. The molecule has 3 nitrogen and oxygen atoms in total. The predicted octanol–water partition coefficient (Wildman–Crippen LogP) is 5.11. The minimum Gasteiger partial charge on any atom is -0.362 e. The molecule has 0 spiro atoms. The number of rotatable bonds is 8. The first-order chi connectivity index (χ1) is 15.1. The zero-order chi connectivity index (χ0) is 22.3. The number of hydrogen-bond acceptors (Lipinski definition) is 2. The van der Waals surface area contributed by atoms with Gasteiger partial charge in [-0.25, -0.2) is 4.57 Å². The summed E-state index contributed by atoms with van der Waals surface area (Å²) in [6, 6.07) is 23.1. The molecule has 0 aliphatic carbocycles. The Bertz CT molecular complexity index is 1100. The summed E-state index contributed by atoms with van der Waals surface area (Å²) in [7, 11) is 5.68. The summed E-state index contributed by atoms with van der Waals surface area (Å²) >= 11 is 0. The second-order valence-corrected chi connectivity index (χ2v) is 7.56. The highest BCUT2D eigenvalue weighted by molar-refractivity contribution is 6.09. The molecule has 0 aliphatic heterocycles. The van der Waals surface area contributed by atoms with Crippen molar-refractivity contribution in [2.45, 2.75) is 18.9 Å². The lowest BCUT2D eigenvalue weighted by Gasteiger charge is -2.31. The predicted molar refractivity (Wildman–Crippen MR) is 129 cm³/mol. The number of allylic oxidation sites excluding steroid dienone is 3. The van der Waals surface area contributed by atoms with Crippen molar-refractivity contribution in [2.75, 3.05) is 14.2 Å². The highest BCUT2D eigenvalue weighted by atomic mass is 16.5. The molecule has 3 aromatic rings. The lowest BCUT2D eigenvalue weighted by molar-refractivity contribution is -0.685. The van der Waals surface area contributed by atoms with Crippen LogP contribution in [0, 0.1) is 6.92 Å². The van der Waals surface area contributed by atoms with Crippen molar-refractivity contribution in [1.29, 1.82) is 0 Å². The summed E-state index contributed by atoms with van der Waals surface area (Å²) in [5, 5.41) is 0. The van der Waals surface area contributed by atoms with Gasteiger partial charge in [-0.2, -0.15) is 0 Å². The maximum Gasteiger partial charge on any atom is 0.218 e. The number of nitrogens with zero attached hydrogens (tertiary/aromatic N) is 2. The van der Waals surface area contributed by atoms with E-state index in [-0.39, 0.29) is 0 Å². The van der Waals surface area contributed by atoms with E-state index in [4.69, 9.17) is 4.74 Å². The van der Waals surface area contributed by atoms with Gasteiger partial charge in [-0.05, 0) is 35.8 Å². The highest BCUT2D eigenvalue weighted by Gasteiger charge is 2.41. The quantitative estimate of drug-likeness (QED) is 0.287. The van der Waals surface area contributed by atoms with E-state index < -0.39 is 5.60 Å². The maximum atomic E-state index is 6.36. The molecule has 0 N–H and O–H groups in total. The van der Waals surface area contributed by atoms with Crippen molar-refractivity contribution in [3.63, 3.8) is 0 Å². The van der Waals surface area contributed by atoms with Gasteiger partial charge >= 0.3 is 0 Å². The molecule has 1 atom stereocenters. The minimum absolute atomic E-state index is 0.624. The van der Waals surface area contributed by atoms with Crippen LogP contribution in [0.2, 0.25) is 0 Å². The molecule has 0 saturated heterocycles. The molecule has 3 rings (SSSR count). The van der Waals surface area contributed by atoms with Crippen molar-refractivity contribution < 1.29 is 9.30 Å². The lowest BCUT2D eigenvalue weighted by Crippen LogP contribution is -2.46. The smallest absolute Gasteiger partial charge is 0.218 e. The van der Waals surface area contributed by atoms with Crippen LogP contribution in [0.1, 0.15) is 27.9 Å². The van der Waals surface area contributed by atoms with Crippen molar-refractivity contribution in [3.05, 3.63) is 126 Å². The first kappa shape index (κ1) is 22.4. The van der Waals surface area contributed by atoms with Gasteiger partial charge in [-0.1, -0.05) is 67.3 Å². The molecular weight excluding hydrogens is 380 g/mol. The van der Waals surface area contributed by atoms with Crippen LogP contribution < -0.4 is 4.57 Å². The zero-order valence-corrected chi connectivity index (χ0v) is 18.9. The van der Waals surface area contributed by atoms with E-state index in [0.717, 1.165) is 22.5 Å². The van der Waals surface area contributed by atoms with Gasteiger partial charge in [0.1, 0.15) is 7.05 Å². The molecule has 0 amide bonds. The molecule has 1 aromatic heterocycles. The number of aryl methyl sites for hydroxylation is 1. The summed E-state index contributed by atoms with van der Waals surface area (Å²) in [6.45, 7) is 5.94. The second-order valence-electron chi connectivity index (χ2n) is 7.56. The molecule has 0 aliphatic rings. The van der Waals surface area contributed by atoms with Crippen molar-refractivity contribution in [3.8, 4) is 0 Å². The van der Waals surface area contributed by atoms with Gasteiger partial charge in [0.05, 0.1) is 5.71 Å². The van der Waals surface area contributed by atoms with E-state index in [2.05, 4.69) is 90.9 Å². The second kappa shape index (κ2) is 10.1. The molecule has 0 bridgehead atoms. The third-order valence-electron chi connectivity index (χ3n) is 5.85. The molecule has 0 fully saturated rings. The summed E-state index contributed by atoms with van der Waals surface area (Å²) in [5.41, 5.74) is 6.08. The zero-order valence-electron chi connectivity index (χ0n) is 18.9. The van der Waals surface area contributed by atoms with Gasteiger partial charge < -0.3 is 4.74 Å². The number of aromatic nitrogens is 1. The van der Waals surface area contributed by atoms with Gasteiger partial charge in [0.25, 0.3) is 0 Å². The fraction of sp³-hybridized carbons (Fsp3) is 0.214. The van der Waals surface area contributed by atoms with Gasteiger partial charge in [0.2, 0.25) is 5.69 Å². The fourth-order valence-electron chi connectivity index (χ4n) is 4.15. The Balaban J connectivity index is 2.18. The van der Waals surface area contributed by atoms with Crippen LogP contribution in [-0.4, -0.2) is 19.9 Å². The highest BCUT2D eigenvalue weighted by Crippen LogP contribution is 2.36. The SMILES string of the molecule is C=C/C=C\C(=NC)c1cccc(CC(OC)(c2ccccc2)c2cccc[n+]2C)c1C. The van der Waals surface area contributed by atoms with Crippen LogP contribution in [0.15, 0.2) is 103 Å². The molecule has 3 heteroatoms. The Labute approximate surface area is 186 Å². The van der Waals surface area contributed by atoms with E-state index in [1.807, 2.05) is 31.3 Å². The number of ether oxygens (including phenoxy) is 1. The molecule has 158 valence electrons. The summed E-state index contributed by atoms with van der Waals surface area (Å²) in [5.74, 6) is 0. The third-order valence-corrected chi connectivity index (χ3v) is 5.85. The summed E-state index contributed by atoms with van der Waals surface area (Å²) < 4.78 is 8.50. The van der Waals surface area contributed by atoms with Crippen LogP contribution in [0.3, 0.4) is 0 Å². The first-order valence-electron chi connectivity index (χ1n) is 10.5. The average molecular weight is 412 g/mol. The molecule has 0 radical (unpaired) electrons. The molecule has 2 aromatic carbocycles. The Kier molecular flexibility index (Phi) is 7.32. The molecule has 31 heavy (non-hydrogen) atoms. The van der Waals surface area contributed by atoms with Crippen molar-refractivity contribution >= 4 is 5.71 Å². The number of methoxy groups -OCH3 is 1. The van der Waals surface area contributed by atoms with E-state index >= 15 is 0 Å². The lowest BCUT2D eigenvalue weighted by atomic mass is 9.81. The average Bonchev–Trinajstić information content (AvgIpc) is 2.81. The molecule has 0 saturated carbocycles. The van der Waals surface area contributed by atoms with E-state index in [1.54, 1.807) is 13.2 Å². The van der Waals surface area contributed by atoms with Gasteiger partial charge in [-0.3, -0.25) is 4.99 Å². The van der Waals surface area contributed by atoms with E-state index in [0.29, 0.717) is 6.42 Å². The first-order valence-corrected chi connectivity index (χ1v) is 10.5. The van der Waals surface area contributed by atoms with Crippen molar-refractivity contribution in [2.24, 2.45) is 12.0 Å². The maximum absolute atomic E-state index is 6.36. The third kappa shape index (κ3) is 4.57. The number of hydrogen-bond donors (Lipinski definition) is 0. The minimum atomic E-state index is -0.624. The Morgan fingerprint density at radius 3 is 2.45 bits per heavy atom. The molecular formula is C28H31N2O+. The normalized spacial score (nSPS) is 13.9. The van der Waals surface area contributed by atoms with Gasteiger partial charge in [-0.15, -0.1) is 0 Å². The summed E-state index contributed by atoms with van der Waals surface area (Å²) in [4.78, 5) is 4.49. The van der Waals surface area contributed by atoms with Crippen molar-refractivity contribution in [1.82, 2.24) is 0 Å². The van der Waals surface area contributed by atoms with Crippen LogP contribution in [-0.2, 0) is 23.8 Å². The van der Waals surface area contributed by atoms with E-state index in [1.165, 1.54) is 11.1 Å². The molecule has 1 unspecified atom stereocenters. The van der Waals surface area contributed by atoms with Crippen LogP contribution in [0.25, 0.3) is 0 Å². The Morgan fingerprint density at radius 2 is 1.81 bits per heavy atom. The topological polar surface area (TPSA) is 25.5 Å². The number of pyridine rings is 1. The largest absolute Gasteiger partial charge is 0.362 e. The number of aliphatic imine (C=N–C) groups is 1.